The second-order valence-corrected chi connectivity index (χ2v) is 10.1. The highest BCUT2D eigenvalue weighted by Gasteiger charge is 2.42. The van der Waals surface area contributed by atoms with Gasteiger partial charge in [-0.1, -0.05) is 18.2 Å². The first-order chi connectivity index (χ1) is 18.1. The van der Waals surface area contributed by atoms with Crippen molar-refractivity contribution in [3.63, 3.8) is 0 Å². The van der Waals surface area contributed by atoms with Crippen LogP contribution in [0.5, 0.6) is 23.0 Å². The van der Waals surface area contributed by atoms with E-state index in [1.807, 2.05) is 6.07 Å². The van der Waals surface area contributed by atoms with Crippen LogP contribution in [0.3, 0.4) is 0 Å². The monoisotopic (exact) mass is 502 g/mol. The highest BCUT2D eigenvalue weighted by Crippen LogP contribution is 2.51. The van der Waals surface area contributed by atoms with Gasteiger partial charge in [0.1, 0.15) is 0 Å². The molecule has 3 aromatic rings. The van der Waals surface area contributed by atoms with Crippen molar-refractivity contribution in [2.24, 2.45) is 0 Å². The number of rotatable bonds is 7. The summed E-state index contributed by atoms with van der Waals surface area (Å²) in [7, 11) is 7.52. The molecule has 6 rings (SSSR count). The first-order valence-electron chi connectivity index (χ1n) is 12.8. The van der Waals surface area contributed by atoms with E-state index in [-0.39, 0.29) is 18.8 Å². The van der Waals surface area contributed by atoms with Crippen molar-refractivity contribution in [2.45, 2.75) is 31.5 Å². The molecule has 0 aromatic heterocycles. The Morgan fingerprint density at radius 2 is 1.73 bits per heavy atom. The second kappa shape index (κ2) is 9.80. The molecule has 0 bridgehead atoms. The van der Waals surface area contributed by atoms with Gasteiger partial charge in [-0.05, 0) is 59.0 Å². The van der Waals surface area contributed by atoms with Gasteiger partial charge in [0, 0.05) is 50.4 Å². The first kappa shape index (κ1) is 23.9. The normalized spacial score (nSPS) is 19.6. The van der Waals surface area contributed by atoms with Crippen LogP contribution in [0.15, 0.2) is 48.5 Å². The average molecular weight is 503 g/mol. The smallest absolute Gasteiger partial charge is 0.231 e. The molecule has 7 heteroatoms. The maximum atomic E-state index is 6.43. The molecule has 0 fully saturated rings. The lowest BCUT2D eigenvalue weighted by Gasteiger charge is -2.46. The largest absolute Gasteiger partial charge is 0.493 e. The Balaban J connectivity index is 1.35. The van der Waals surface area contributed by atoms with E-state index in [2.05, 4.69) is 66.4 Å². The van der Waals surface area contributed by atoms with E-state index in [9.17, 15) is 0 Å². The van der Waals surface area contributed by atoms with Crippen LogP contribution >= 0.6 is 0 Å². The minimum absolute atomic E-state index is 0.129. The van der Waals surface area contributed by atoms with E-state index >= 15 is 0 Å². The van der Waals surface area contributed by atoms with Crippen molar-refractivity contribution >= 4 is 5.69 Å². The Kier molecular flexibility index (Phi) is 6.34. The summed E-state index contributed by atoms with van der Waals surface area (Å²) in [5, 5.41) is 0. The second-order valence-electron chi connectivity index (χ2n) is 10.1. The summed E-state index contributed by atoms with van der Waals surface area (Å²) in [6.07, 6.45) is 0.968. The fraction of sp³-hybridized carbons (Fsp3) is 0.400. The summed E-state index contributed by atoms with van der Waals surface area (Å²) in [6.45, 7) is 3.20. The summed E-state index contributed by atoms with van der Waals surface area (Å²) in [6, 6.07) is 17.3. The lowest BCUT2D eigenvalue weighted by Crippen LogP contribution is -2.43. The number of anilines is 1. The van der Waals surface area contributed by atoms with Crippen LogP contribution in [-0.4, -0.2) is 53.2 Å². The molecule has 3 aromatic carbocycles. The Morgan fingerprint density at radius 3 is 2.46 bits per heavy atom. The lowest BCUT2D eigenvalue weighted by molar-refractivity contribution is 0.0517. The Hall–Kier alpha value is -3.42. The molecule has 194 valence electrons. The number of hydrogen-bond acceptors (Lipinski definition) is 7. The zero-order chi connectivity index (χ0) is 25.5. The summed E-state index contributed by atoms with van der Waals surface area (Å²) >= 11 is 0. The molecule has 0 saturated heterocycles. The van der Waals surface area contributed by atoms with Crippen molar-refractivity contribution < 1.29 is 23.7 Å². The molecule has 0 saturated carbocycles. The Labute approximate surface area is 218 Å². The Bertz CT molecular complexity index is 1290. The molecule has 0 N–H and O–H groups in total. The van der Waals surface area contributed by atoms with E-state index in [0.717, 1.165) is 42.5 Å². The first-order valence-corrected chi connectivity index (χ1v) is 12.8. The third kappa shape index (κ3) is 4.26. The van der Waals surface area contributed by atoms with Crippen LogP contribution < -0.4 is 23.8 Å². The fourth-order valence-corrected chi connectivity index (χ4v) is 6.00. The highest BCUT2D eigenvalue weighted by atomic mass is 16.7. The SMILES string of the molecule is COc1ccc2c(c1OC)CN1CCc3cc4c(cc3C1C2COCc1ccc(N(C)C)cc1)OCO4. The van der Waals surface area contributed by atoms with Gasteiger partial charge in [-0.15, -0.1) is 0 Å². The number of fused-ring (bicyclic) bond motifs is 5. The fourth-order valence-electron chi connectivity index (χ4n) is 6.00. The molecule has 0 spiro atoms. The standard InChI is InChI=1S/C30H34N2O5/c1-31(2)21-7-5-19(6-8-21)16-35-17-25-22-9-10-26(33-3)30(34-4)24(22)15-32-12-11-20-13-27-28(37-18-36-27)14-23(20)29(25)32/h5-10,13-14,25,29H,11-12,15-18H2,1-4H3. The van der Waals surface area contributed by atoms with E-state index < -0.39 is 0 Å². The van der Waals surface area contributed by atoms with Crippen LogP contribution in [0.1, 0.15) is 39.8 Å². The molecule has 3 aliphatic heterocycles. The van der Waals surface area contributed by atoms with E-state index in [1.54, 1.807) is 14.2 Å². The maximum Gasteiger partial charge on any atom is 0.231 e. The topological polar surface area (TPSA) is 52.6 Å². The van der Waals surface area contributed by atoms with Gasteiger partial charge >= 0.3 is 0 Å². The van der Waals surface area contributed by atoms with Gasteiger partial charge in [0.15, 0.2) is 23.0 Å². The minimum atomic E-state index is 0.129. The molecule has 2 unspecified atom stereocenters. The summed E-state index contributed by atoms with van der Waals surface area (Å²) < 4.78 is 29.4. The number of methoxy groups -OCH3 is 2. The summed E-state index contributed by atoms with van der Waals surface area (Å²) in [5.41, 5.74) is 7.43. The van der Waals surface area contributed by atoms with Crippen LogP contribution in [0, 0.1) is 0 Å². The number of benzene rings is 3. The van der Waals surface area contributed by atoms with Crippen molar-refractivity contribution in [3.8, 4) is 23.0 Å². The van der Waals surface area contributed by atoms with Gasteiger partial charge < -0.3 is 28.6 Å². The molecule has 2 atom stereocenters. The molecule has 0 radical (unpaired) electrons. The van der Waals surface area contributed by atoms with E-state index in [4.69, 9.17) is 23.7 Å². The van der Waals surface area contributed by atoms with Gasteiger partial charge in [0.25, 0.3) is 0 Å². The van der Waals surface area contributed by atoms with Gasteiger partial charge in [0.2, 0.25) is 6.79 Å². The van der Waals surface area contributed by atoms with Crippen molar-refractivity contribution in [3.05, 3.63) is 76.3 Å². The van der Waals surface area contributed by atoms with E-state index in [1.165, 1.54) is 33.5 Å². The number of hydrogen-bond donors (Lipinski definition) is 0. The molecule has 0 amide bonds. The molecule has 7 nitrogen and oxygen atoms in total. The van der Waals surface area contributed by atoms with Crippen molar-refractivity contribution in [1.82, 2.24) is 4.90 Å². The van der Waals surface area contributed by atoms with Crippen LogP contribution in [0.2, 0.25) is 0 Å². The zero-order valence-electron chi connectivity index (χ0n) is 22.0. The number of nitrogens with zero attached hydrogens (tertiary/aromatic N) is 2. The van der Waals surface area contributed by atoms with Crippen LogP contribution in [0.4, 0.5) is 5.69 Å². The van der Waals surface area contributed by atoms with Gasteiger partial charge in [-0.25, -0.2) is 0 Å². The molecule has 3 heterocycles. The molecule has 0 aliphatic carbocycles. The van der Waals surface area contributed by atoms with Crippen LogP contribution in [0.25, 0.3) is 0 Å². The summed E-state index contributed by atoms with van der Waals surface area (Å²) in [5.74, 6) is 3.40. The van der Waals surface area contributed by atoms with Crippen molar-refractivity contribution in [2.75, 3.05) is 53.2 Å². The average Bonchev–Trinajstić information content (AvgIpc) is 3.38. The van der Waals surface area contributed by atoms with E-state index in [0.29, 0.717) is 13.2 Å². The molecular weight excluding hydrogens is 468 g/mol. The molecule has 37 heavy (non-hydrogen) atoms. The predicted molar refractivity (Wildman–Crippen MR) is 142 cm³/mol. The third-order valence-electron chi connectivity index (χ3n) is 7.86. The number of ether oxygens (including phenoxy) is 5. The van der Waals surface area contributed by atoms with Gasteiger partial charge in [-0.3, -0.25) is 4.90 Å². The minimum Gasteiger partial charge on any atom is -0.493 e. The molecule has 3 aliphatic rings. The van der Waals surface area contributed by atoms with Crippen molar-refractivity contribution in [1.29, 1.82) is 0 Å². The maximum absolute atomic E-state index is 6.43. The molecular formula is C30H34N2O5. The quantitative estimate of drug-likeness (QED) is 0.455. The van der Waals surface area contributed by atoms with Gasteiger partial charge in [-0.2, -0.15) is 0 Å². The predicted octanol–water partition coefficient (Wildman–Crippen LogP) is 4.91. The summed E-state index contributed by atoms with van der Waals surface area (Å²) in [4.78, 5) is 4.65. The lowest BCUT2D eigenvalue weighted by atomic mass is 9.76. The van der Waals surface area contributed by atoms with Gasteiger partial charge in [0.05, 0.1) is 27.4 Å². The highest BCUT2D eigenvalue weighted by molar-refractivity contribution is 5.56. The Morgan fingerprint density at radius 1 is 0.946 bits per heavy atom. The zero-order valence-corrected chi connectivity index (χ0v) is 22.0. The van der Waals surface area contributed by atoms with Crippen LogP contribution in [-0.2, 0) is 24.3 Å². The third-order valence-corrected chi connectivity index (χ3v) is 7.86.